The normalized spacial score (nSPS) is 31.9. The van der Waals surface area contributed by atoms with E-state index in [1.807, 2.05) is 28.8 Å². The van der Waals surface area contributed by atoms with Crippen molar-refractivity contribution in [1.82, 2.24) is 14.5 Å². The summed E-state index contributed by atoms with van der Waals surface area (Å²) in [4.78, 5) is 38.7. The molecule has 38 heavy (non-hydrogen) atoms. The maximum Gasteiger partial charge on any atom is 0.360 e. The third-order valence-corrected chi connectivity index (χ3v) is 9.48. The number of benzene rings is 1. The number of piperidine rings is 1. The van der Waals surface area contributed by atoms with Crippen molar-refractivity contribution >= 4 is 22.7 Å². The second-order valence-electron chi connectivity index (χ2n) is 12.4. The van der Waals surface area contributed by atoms with E-state index < -0.39 is 17.2 Å². The first kappa shape index (κ1) is 25.5. The Bertz CT molecular complexity index is 1260. The van der Waals surface area contributed by atoms with Crippen molar-refractivity contribution in [1.29, 1.82) is 0 Å². The summed E-state index contributed by atoms with van der Waals surface area (Å²) in [5.41, 5.74) is 0.388. The van der Waals surface area contributed by atoms with E-state index in [0.717, 1.165) is 30.2 Å². The Morgan fingerprint density at radius 2 is 1.61 bits per heavy atom. The molecule has 2 saturated heterocycles. The van der Waals surface area contributed by atoms with Crippen LogP contribution in [0.25, 0.3) is 11.0 Å². The van der Waals surface area contributed by atoms with E-state index in [-0.39, 0.29) is 17.8 Å². The molecular formula is C30H40N4O4. The third kappa shape index (κ3) is 4.76. The first-order chi connectivity index (χ1) is 18.4. The van der Waals surface area contributed by atoms with Crippen LogP contribution in [-0.2, 0) is 9.63 Å². The van der Waals surface area contributed by atoms with Crippen LogP contribution < -0.4 is 5.56 Å². The van der Waals surface area contributed by atoms with Crippen LogP contribution in [0.4, 0.5) is 0 Å². The van der Waals surface area contributed by atoms with Crippen LogP contribution >= 0.6 is 0 Å². The van der Waals surface area contributed by atoms with Crippen molar-refractivity contribution in [2.45, 2.75) is 115 Å². The fourth-order valence-corrected chi connectivity index (χ4v) is 8.11. The lowest BCUT2D eigenvalue weighted by Crippen LogP contribution is -2.52. The number of para-hydroxylation sites is 2. The zero-order chi connectivity index (χ0) is 26.4. The number of rotatable bonds is 6. The molecule has 0 unspecified atom stereocenters. The second-order valence-corrected chi connectivity index (χ2v) is 12.4. The summed E-state index contributed by atoms with van der Waals surface area (Å²) in [5.74, 6) is 0.453. The van der Waals surface area contributed by atoms with Gasteiger partial charge in [-0.25, -0.2) is 9.78 Å². The lowest BCUT2D eigenvalue weighted by molar-refractivity contribution is -0.129. The molecule has 1 aromatic heterocycles. The van der Waals surface area contributed by atoms with Gasteiger partial charge in [0, 0.05) is 24.2 Å². The summed E-state index contributed by atoms with van der Waals surface area (Å²) < 4.78 is 1.83. The number of oxime groups is 1. The van der Waals surface area contributed by atoms with Gasteiger partial charge >= 0.3 is 5.97 Å². The van der Waals surface area contributed by atoms with E-state index in [0.29, 0.717) is 23.6 Å². The number of nitrogens with zero attached hydrogens (tertiary/aromatic N) is 4. The van der Waals surface area contributed by atoms with Crippen LogP contribution in [0.1, 0.15) is 96.2 Å². The van der Waals surface area contributed by atoms with Crippen molar-refractivity contribution in [2.24, 2.45) is 17.0 Å². The minimum atomic E-state index is -1.31. The molecule has 2 aliphatic carbocycles. The van der Waals surface area contributed by atoms with Gasteiger partial charge in [0.1, 0.15) is 6.10 Å². The highest BCUT2D eigenvalue weighted by Gasteiger charge is 2.47. The lowest BCUT2D eigenvalue weighted by atomic mass is 9.76. The molecular weight excluding hydrogens is 480 g/mol. The Labute approximate surface area is 224 Å². The molecule has 8 heteroatoms. The van der Waals surface area contributed by atoms with Gasteiger partial charge in [-0.1, -0.05) is 43.0 Å². The van der Waals surface area contributed by atoms with Crippen LogP contribution in [0, 0.1) is 11.8 Å². The topological polar surface area (TPSA) is 97.0 Å². The van der Waals surface area contributed by atoms with Crippen molar-refractivity contribution in [3.8, 4) is 0 Å². The van der Waals surface area contributed by atoms with Crippen molar-refractivity contribution < 1.29 is 14.7 Å². The predicted octanol–water partition coefficient (Wildman–Crippen LogP) is 5.14. The zero-order valence-corrected chi connectivity index (χ0v) is 22.6. The van der Waals surface area contributed by atoms with Crippen LogP contribution in [0.5, 0.6) is 0 Å². The SMILES string of the molecule is CC(C)O/N=C(\C(=O)O)c1nc2ccccc2n([C@H]2C[C@H]3CC[C@@H](C2)N3[C@@H]2C[C@@H]3CCCC[C@@H](C3)C2)c1=O. The molecule has 4 bridgehead atoms. The van der Waals surface area contributed by atoms with Gasteiger partial charge in [0.2, 0.25) is 5.71 Å². The molecule has 3 heterocycles. The third-order valence-electron chi connectivity index (χ3n) is 9.48. The molecule has 2 aromatic rings. The minimum Gasteiger partial charge on any atom is -0.476 e. The molecule has 6 atom stereocenters. The van der Waals surface area contributed by atoms with E-state index in [9.17, 15) is 14.7 Å². The van der Waals surface area contributed by atoms with Gasteiger partial charge < -0.3 is 14.5 Å². The molecule has 4 fully saturated rings. The number of aliphatic carboxylic acids is 1. The highest BCUT2D eigenvalue weighted by Crippen LogP contribution is 2.47. The Kier molecular flexibility index (Phi) is 7.01. The van der Waals surface area contributed by atoms with Crippen LogP contribution in [-0.4, -0.2) is 55.5 Å². The molecule has 0 spiro atoms. The van der Waals surface area contributed by atoms with E-state index in [1.54, 1.807) is 13.8 Å². The molecule has 4 aliphatic rings. The molecule has 2 saturated carbocycles. The number of hydrogen-bond acceptors (Lipinski definition) is 6. The summed E-state index contributed by atoms with van der Waals surface area (Å²) in [7, 11) is 0. The average molecular weight is 521 g/mol. The Morgan fingerprint density at radius 3 is 2.24 bits per heavy atom. The molecule has 1 aromatic carbocycles. The Hall–Kier alpha value is -2.74. The molecule has 8 nitrogen and oxygen atoms in total. The largest absolute Gasteiger partial charge is 0.476 e. The van der Waals surface area contributed by atoms with E-state index >= 15 is 0 Å². The molecule has 0 amide bonds. The number of carbonyl (C=O) groups is 1. The van der Waals surface area contributed by atoms with Gasteiger partial charge in [-0.2, -0.15) is 0 Å². The first-order valence-electron chi connectivity index (χ1n) is 14.6. The first-order valence-corrected chi connectivity index (χ1v) is 14.6. The molecule has 0 radical (unpaired) electrons. The van der Waals surface area contributed by atoms with Gasteiger partial charge in [-0.15, -0.1) is 0 Å². The van der Waals surface area contributed by atoms with Crippen molar-refractivity contribution in [3.63, 3.8) is 0 Å². The standard InChI is InChI=1S/C30H40N4O4/c1-18(2)38-32-28(30(36)37)27-29(35)34(26-10-6-5-9-25(26)31-27)24-16-21-11-12-22(17-24)33(21)23-14-19-7-3-4-8-20(13-19)15-23/h5-6,9-10,18-24H,3-4,7-8,11-17H2,1-2H3,(H,36,37)/b32-28-/t19-,20+,21-,22+,23-,24+. The van der Waals surface area contributed by atoms with E-state index in [2.05, 4.69) is 15.0 Å². The monoisotopic (exact) mass is 520 g/mol. The van der Waals surface area contributed by atoms with Gasteiger partial charge in [-0.05, 0) is 82.8 Å². The fraction of sp³-hybridized carbons (Fsp3) is 0.667. The van der Waals surface area contributed by atoms with Gasteiger partial charge in [0.25, 0.3) is 5.56 Å². The summed E-state index contributed by atoms with van der Waals surface area (Å²) in [6, 6.07) is 9.18. The fourth-order valence-electron chi connectivity index (χ4n) is 8.11. The quantitative estimate of drug-likeness (QED) is 0.419. The molecule has 1 N–H and O–H groups in total. The molecule has 204 valence electrons. The Morgan fingerprint density at radius 1 is 0.947 bits per heavy atom. The van der Waals surface area contributed by atoms with Gasteiger partial charge in [0.05, 0.1) is 11.0 Å². The Balaban J connectivity index is 1.34. The second kappa shape index (κ2) is 10.4. The van der Waals surface area contributed by atoms with Gasteiger partial charge in [-0.3, -0.25) is 9.69 Å². The summed E-state index contributed by atoms with van der Waals surface area (Å²) in [6.45, 7) is 3.53. The van der Waals surface area contributed by atoms with Crippen molar-refractivity contribution in [2.75, 3.05) is 0 Å². The average Bonchev–Trinajstić information content (AvgIpc) is 3.04. The maximum absolute atomic E-state index is 13.9. The minimum absolute atomic E-state index is 0.00910. The highest BCUT2D eigenvalue weighted by atomic mass is 16.6. The predicted molar refractivity (Wildman–Crippen MR) is 146 cm³/mol. The number of carboxylic acid groups (broad SMARTS) is 1. The zero-order valence-electron chi connectivity index (χ0n) is 22.6. The molecule has 2 aliphatic heterocycles. The van der Waals surface area contributed by atoms with E-state index in [1.165, 1.54) is 57.8 Å². The van der Waals surface area contributed by atoms with Crippen LogP contribution in [0.2, 0.25) is 0 Å². The highest BCUT2D eigenvalue weighted by molar-refractivity contribution is 6.41. The smallest absolute Gasteiger partial charge is 0.360 e. The van der Waals surface area contributed by atoms with Crippen LogP contribution in [0.3, 0.4) is 0 Å². The summed E-state index contributed by atoms with van der Waals surface area (Å²) >= 11 is 0. The number of aromatic nitrogens is 2. The van der Waals surface area contributed by atoms with Crippen molar-refractivity contribution in [3.05, 3.63) is 40.3 Å². The summed E-state index contributed by atoms with van der Waals surface area (Å²) in [5, 5.41) is 13.7. The number of fused-ring (bicyclic) bond motifs is 5. The summed E-state index contributed by atoms with van der Waals surface area (Å²) in [6.07, 6.45) is 13.6. The molecule has 6 rings (SSSR count). The van der Waals surface area contributed by atoms with Gasteiger partial charge in [0.15, 0.2) is 5.69 Å². The number of hydrogen-bond donors (Lipinski definition) is 1. The lowest BCUT2D eigenvalue weighted by Gasteiger charge is -2.48. The maximum atomic E-state index is 13.9. The van der Waals surface area contributed by atoms with E-state index in [4.69, 9.17) is 4.84 Å². The number of carboxylic acids is 1. The van der Waals surface area contributed by atoms with Crippen LogP contribution in [0.15, 0.2) is 34.2 Å².